The molecule has 0 fully saturated rings. The van der Waals surface area contributed by atoms with Crippen LogP contribution in [-0.2, 0) is 14.9 Å². The van der Waals surface area contributed by atoms with Crippen molar-refractivity contribution in [1.29, 1.82) is 0 Å². The van der Waals surface area contributed by atoms with Crippen molar-refractivity contribution in [2.45, 2.75) is 48.5 Å². The van der Waals surface area contributed by atoms with Gasteiger partial charge >= 0.3 is 50.9 Å². The summed E-state index contributed by atoms with van der Waals surface area (Å²) in [6.07, 6.45) is 0. The summed E-state index contributed by atoms with van der Waals surface area (Å²) in [4.78, 5) is 0. The number of halogens is 2. The van der Waals surface area contributed by atoms with Gasteiger partial charge < -0.3 is 0 Å². The van der Waals surface area contributed by atoms with Crippen LogP contribution in [0.25, 0.3) is 10.8 Å². The number of benzene rings is 1. The van der Waals surface area contributed by atoms with Crippen LogP contribution in [0.1, 0.15) is 38.9 Å². The fourth-order valence-corrected chi connectivity index (χ4v) is 2.94. The predicted octanol–water partition coefficient (Wildman–Crippen LogP) is 7.89. The standard InChI is InChI=1S/C11H11.C10H15.2HI.Zr/c1-8-6-7-9(2)11-5-3-4-10(8)11;1-6-7(2)9(4)10(5)8(6)3;;;/h3-7H,1-2H3;1-5H3;2*1H;/q2*-1;;;+4/p-2. The molecule has 0 radical (unpaired) electrons. The summed E-state index contributed by atoms with van der Waals surface area (Å²) in [6, 6.07) is 10.8. The van der Waals surface area contributed by atoms with Gasteiger partial charge in [0.15, 0.2) is 0 Å². The summed E-state index contributed by atoms with van der Waals surface area (Å²) in [6.45, 7) is 15.3. The zero-order valence-corrected chi connectivity index (χ0v) is 22.4. The Morgan fingerprint density at radius 3 is 1.67 bits per heavy atom. The molecule has 3 heteroatoms. The van der Waals surface area contributed by atoms with E-state index in [0.29, 0.717) is 0 Å². The molecule has 0 amide bonds. The van der Waals surface area contributed by atoms with Gasteiger partial charge in [0.05, 0.1) is 0 Å². The van der Waals surface area contributed by atoms with Gasteiger partial charge in [-0.25, -0.2) is 0 Å². The summed E-state index contributed by atoms with van der Waals surface area (Å²) in [5.41, 5.74) is 10.1. The van der Waals surface area contributed by atoms with Crippen LogP contribution >= 0.6 is 36.1 Å². The third kappa shape index (κ3) is 5.51. The summed E-state index contributed by atoms with van der Waals surface area (Å²) >= 11 is 5.06. The molecule has 0 unspecified atom stereocenters. The van der Waals surface area contributed by atoms with E-state index < -0.39 is 0 Å². The van der Waals surface area contributed by atoms with Gasteiger partial charge in [-0.05, 0) is 6.92 Å². The average Bonchev–Trinajstić information content (AvgIpc) is 3.12. The molecule has 0 heterocycles. The van der Waals surface area contributed by atoms with Gasteiger partial charge in [-0.15, -0.1) is 28.5 Å². The summed E-state index contributed by atoms with van der Waals surface area (Å²) in [5, 5.41) is 2.79. The van der Waals surface area contributed by atoms with Crippen LogP contribution in [-0.4, -0.2) is 0 Å². The van der Waals surface area contributed by atoms with E-state index in [4.69, 9.17) is 0 Å². The van der Waals surface area contributed by atoms with Crippen molar-refractivity contribution in [3.8, 4) is 0 Å². The number of hydrogen-bond donors (Lipinski definition) is 0. The van der Waals surface area contributed by atoms with Crippen LogP contribution < -0.4 is 0 Å². The van der Waals surface area contributed by atoms with E-state index in [1.54, 1.807) is 0 Å². The maximum absolute atomic E-state index is 2.45. The molecule has 128 valence electrons. The van der Waals surface area contributed by atoms with Crippen molar-refractivity contribution >= 4 is 46.9 Å². The van der Waals surface area contributed by atoms with E-state index in [0.717, 1.165) is 0 Å². The van der Waals surface area contributed by atoms with E-state index in [1.807, 2.05) is 0 Å². The van der Waals surface area contributed by atoms with Gasteiger partial charge in [0.25, 0.3) is 0 Å². The first kappa shape index (κ1) is 22.6. The molecule has 0 aromatic heterocycles. The van der Waals surface area contributed by atoms with Crippen LogP contribution in [0.15, 0.2) is 30.3 Å². The molecule has 0 nitrogen and oxygen atoms in total. The van der Waals surface area contributed by atoms with E-state index in [2.05, 4.69) is 115 Å². The van der Waals surface area contributed by atoms with Gasteiger partial charge in [0.2, 0.25) is 0 Å². The van der Waals surface area contributed by atoms with Crippen LogP contribution in [0.3, 0.4) is 0 Å². The second kappa shape index (κ2) is 10.6. The molecule has 3 aromatic carbocycles. The van der Waals surface area contributed by atoms with Gasteiger partial charge in [-0.2, -0.15) is 39.9 Å². The van der Waals surface area contributed by atoms with Gasteiger partial charge in [0.1, 0.15) is 0 Å². The molecule has 24 heavy (non-hydrogen) atoms. The summed E-state index contributed by atoms with van der Waals surface area (Å²) in [7, 11) is 0. The molecule has 0 aliphatic rings. The van der Waals surface area contributed by atoms with E-state index >= 15 is 0 Å². The Kier molecular flexibility index (Phi) is 9.98. The van der Waals surface area contributed by atoms with Crippen molar-refractivity contribution in [2.24, 2.45) is 0 Å². The van der Waals surface area contributed by atoms with Crippen molar-refractivity contribution in [3.63, 3.8) is 0 Å². The van der Waals surface area contributed by atoms with Gasteiger partial charge in [-0.3, -0.25) is 0 Å². The van der Waals surface area contributed by atoms with Crippen LogP contribution in [0, 0.1) is 48.5 Å². The minimum atomic E-state index is 0.170. The zero-order valence-electron chi connectivity index (χ0n) is 15.6. The molecule has 0 saturated heterocycles. The topological polar surface area (TPSA) is 0 Å². The molecule has 0 saturated carbocycles. The third-order valence-corrected chi connectivity index (χ3v) is 5.06. The first-order chi connectivity index (χ1) is 11.3. The Bertz CT molecular complexity index is 678. The van der Waals surface area contributed by atoms with E-state index in [9.17, 15) is 0 Å². The molecule has 3 rings (SSSR count). The fraction of sp³-hybridized carbons (Fsp3) is 0.333. The first-order valence-corrected chi connectivity index (χ1v) is 22.7. The molecular weight excluding hydrogens is 597 g/mol. The molecule has 0 bridgehead atoms. The molecule has 3 aromatic rings. The van der Waals surface area contributed by atoms with Crippen molar-refractivity contribution in [3.05, 3.63) is 69.3 Å². The number of rotatable bonds is 0. The van der Waals surface area contributed by atoms with E-state index in [-0.39, 0.29) is 14.9 Å². The monoisotopic (exact) mass is 622 g/mol. The Morgan fingerprint density at radius 1 is 0.833 bits per heavy atom. The number of aryl methyl sites for hydroxylation is 2. The SMILES string of the molecule is Cc1c(C)c(C)[c-](C)c1C.Cc1ccc(C)c2[cH-]ccc12.[I][Zr+2][I]. The van der Waals surface area contributed by atoms with Crippen LogP contribution in [0.4, 0.5) is 0 Å². The second-order valence-corrected chi connectivity index (χ2v) is 25.2. The van der Waals surface area contributed by atoms with Gasteiger partial charge in [0, 0.05) is 0 Å². The van der Waals surface area contributed by atoms with Crippen molar-refractivity contribution in [1.82, 2.24) is 0 Å². The molecular formula is C21H26I2Zr. The minimum absolute atomic E-state index is 0.170. The first-order valence-electron chi connectivity index (χ1n) is 8.03. The zero-order chi connectivity index (χ0) is 18.4. The Morgan fingerprint density at radius 2 is 1.29 bits per heavy atom. The van der Waals surface area contributed by atoms with Crippen molar-refractivity contribution in [2.75, 3.05) is 0 Å². The Balaban J connectivity index is 0.000000208. The fourth-order valence-electron chi connectivity index (χ4n) is 2.94. The Hall–Kier alpha value is 0.523. The molecule has 0 spiro atoms. The Labute approximate surface area is 177 Å². The summed E-state index contributed by atoms with van der Waals surface area (Å²) in [5.74, 6) is 0. The molecule has 0 atom stereocenters. The van der Waals surface area contributed by atoms with Gasteiger partial charge in [-0.1, -0.05) is 53.2 Å². The second-order valence-electron chi connectivity index (χ2n) is 6.25. The number of fused-ring (bicyclic) bond motifs is 1. The molecule has 0 aliphatic carbocycles. The normalized spacial score (nSPS) is 9.71. The third-order valence-electron chi connectivity index (χ3n) is 5.06. The van der Waals surface area contributed by atoms with E-state index in [1.165, 1.54) is 49.7 Å². The molecule has 0 N–H and O–H groups in total. The quantitative estimate of drug-likeness (QED) is 0.177. The number of hydrogen-bond acceptors (Lipinski definition) is 0. The van der Waals surface area contributed by atoms with Crippen LogP contribution in [0.5, 0.6) is 0 Å². The summed E-state index contributed by atoms with van der Waals surface area (Å²) < 4.78 is 0. The maximum atomic E-state index is 2.45. The van der Waals surface area contributed by atoms with Crippen LogP contribution in [0.2, 0.25) is 0 Å². The predicted molar refractivity (Wildman–Crippen MR) is 123 cm³/mol. The molecule has 0 aliphatic heterocycles. The average molecular weight is 623 g/mol. The van der Waals surface area contributed by atoms with Crippen molar-refractivity contribution < 1.29 is 14.9 Å².